The lowest BCUT2D eigenvalue weighted by atomic mass is 10.0. The van der Waals surface area contributed by atoms with Crippen molar-refractivity contribution in [1.82, 2.24) is 19.8 Å². The number of aromatic nitrogens is 2. The van der Waals surface area contributed by atoms with Crippen molar-refractivity contribution in [2.75, 3.05) is 38.1 Å². The van der Waals surface area contributed by atoms with Gasteiger partial charge in [-0.3, -0.25) is 19.5 Å². The van der Waals surface area contributed by atoms with Crippen molar-refractivity contribution in [3.63, 3.8) is 0 Å². The SMILES string of the molecule is Cc1ncccc1-c1cc(F)cc(NC(=O)C[C@H](CO)N2CCN(C(=O)c3nccs3)CC2)c1. The Morgan fingerprint density at radius 2 is 1.97 bits per heavy atom. The molecule has 1 fully saturated rings. The lowest BCUT2D eigenvalue weighted by molar-refractivity contribution is -0.118. The standard InChI is InChI=1S/C24H26FN5O3S/c1-16-21(3-2-4-26-16)17-11-18(25)13-19(12-17)28-22(32)14-20(15-31)29-6-8-30(9-7-29)24(33)23-27-5-10-34-23/h2-5,10-13,20,31H,6-9,14-15H2,1H3,(H,28,32)/t20-/m1/s1. The molecule has 10 heteroatoms. The van der Waals surface area contributed by atoms with Gasteiger partial charge >= 0.3 is 0 Å². The predicted octanol–water partition coefficient (Wildman–Crippen LogP) is 2.80. The number of benzene rings is 1. The molecular weight excluding hydrogens is 457 g/mol. The predicted molar refractivity (Wildman–Crippen MR) is 128 cm³/mol. The Morgan fingerprint density at radius 1 is 1.18 bits per heavy atom. The normalized spacial score (nSPS) is 15.2. The van der Waals surface area contributed by atoms with Gasteiger partial charge in [-0.15, -0.1) is 11.3 Å². The highest BCUT2D eigenvalue weighted by atomic mass is 32.1. The van der Waals surface area contributed by atoms with Crippen molar-refractivity contribution in [3.8, 4) is 11.1 Å². The number of anilines is 1. The van der Waals surface area contributed by atoms with Crippen molar-refractivity contribution in [2.45, 2.75) is 19.4 Å². The fourth-order valence-electron chi connectivity index (χ4n) is 4.10. The molecule has 34 heavy (non-hydrogen) atoms. The number of piperazine rings is 1. The molecule has 0 aliphatic carbocycles. The number of rotatable bonds is 7. The summed E-state index contributed by atoms with van der Waals surface area (Å²) in [5, 5.41) is 14.9. The number of amides is 2. The first-order chi connectivity index (χ1) is 16.4. The summed E-state index contributed by atoms with van der Waals surface area (Å²) in [6, 6.07) is 7.62. The monoisotopic (exact) mass is 483 g/mol. The van der Waals surface area contributed by atoms with E-state index in [1.807, 2.05) is 17.9 Å². The van der Waals surface area contributed by atoms with E-state index in [0.29, 0.717) is 42.4 Å². The van der Waals surface area contributed by atoms with Gasteiger partial charge in [0.2, 0.25) is 5.91 Å². The van der Waals surface area contributed by atoms with Crippen LogP contribution >= 0.6 is 11.3 Å². The first kappa shape index (κ1) is 23.9. The number of nitrogens with one attached hydrogen (secondary N) is 1. The van der Waals surface area contributed by atoms with Gasteiger partial charge in [-0.25, -0.2) is 9.37 Å². The third-order valence-electron chi connectivity index (χ3n) is 5.86. The molecule has 1 aliphatic rings. The number of aryl methyl sites for hydroxylation is 1. The zero-order chi connectivity index (χ0) is 24.1. The second-order valence-electron chi connectivity index (χ2n) is 8.12. The molecule has 8 nitrogen and oxygen atoms in total. The molecule has 2 amide bonds. The zero-order valence-corrected chi connectivity index (χ0v) is 19.6. The first-order valence-electron chi connectivity index (χ1n) is 11.0. The van der Waals surface area contributed by atoms with Crippen molar-refractivity contribution >= 4 is 28.8 Å². The molecule has 0 bridgehead atoms. The Bertz CT molecular complexity index is 1150. The minimum atomic E-state index is -0.462. The lowest BCUT2D eigenvalue weighted by Gasteiger charge is -2.38. The Kier molecular flexibility index (Phi) is 7.61. The number of pyridine rings is 1. The quantitative estimate of drug-likeness (QED) is 0.536. The van der Waals surface area contributed by atoms with Crippen LogP contribution in [0.3, 0.4) is 0 Å². The van der Waals surface area contributed by atoms with Crippen molar-refractivity contribution < 1.29 is 19.1 Å². The Hall–Kier alpha value is -3.21. The van der Waals surface area contributed by atoms with Gasteiger partial charge in [-0.05, 0) is 36.8 Å². The Labute approximate surface area is 201 Å². The first-order valence-corrected chi connectivity index (χ1v) is 11.9. The van der Waals surface area contributed by atoms with Gasteiger partial charge in [0.25, 0.3) is 5.91 Å². The summed E-state index contributed by atoms with van der Waals surface area (Å²) in [6.45, 7) is 3.72. The van der Waals surface area contributed by atoms with E-state index in [2.05, 4.69) is 15.3 Å². The highest BCUT2D eigenvalue weighted by Gasteiger charge is 2.28. The minimum Gasteiger partial charge on any atom is -0.395 e. The number of hydrogen-bond donors (Lipinski definition) is 2. The van der Waals surface area contributed by atoms with Crippen LogP contribution in [-0.4, -0.2) is 75.5 Å². The number of carbonyl (C=O) groups is 2. The highest BCUT2D eigenvalue weighted by Crippen LogP contribution is 2.26. The van der Waals surface area contributed by atoms with Gasteiger partial charge in [0.1, 0.15) is 5.82 Å². The van der Waals surface area contributed by atoms with Gasteiger partial charge < -0.3 is 15.3 Å². The van der Waals surface area contributed by atoms with Gasteiger partial charge in [0.05, 0.1) is 6.61 Å². The number of nitrogens with zero attached hydrogens (tertiary/aromatic N) is 4. The molecule has 0 unspecified atom stereocenters. The average Bonchev–Trinajstić information content (AvgIpc) is 3.37. The lowest BCUT2D eigenvalue weighted by Crippen LogP contribution is -2.53. The molecule has 178 valence electrons. The van der Waals surface area contributed by atoms with E-state index in [9.17, 15) is 19.1 Å². The molecular formula is C24H26FN5O3S. The van der Waals surface area contributed by atoms with Gasteiger partial charge in [0, 0.05) is 73.4 Å². The molecule has 3 heterocycles. The summed E-state index contributed by atoms with van der Waals surface area (Å²) in [5.74, 6) is -0.880. The Morgan fingerprint density at radius 3 is 2.65 bits per heavy atom. The summed E-state index contributed by atoms with van der Waals surface area (Å²) < 4.78 is 14.3. The second-order valence-corrected chi connectivity index (χ2v) is 9.01. The van der Waals surface area contributed by atoms with E-state index in [1.54, 1.807) is 34.8 Å². The van der Waals surface area contributed by atoms with Gasteiger partial charge in [0.15, 0.2) is 5.01 Å². The van der Waals surface area contributed by atoms with Crippen LogP contribution in [-0.2, 0) is 4.79 Å². The molecule has 2 N–H and O–H groups in total. The molecule has 1 aliphatic heterocycles. The van der Waals surface area contributed by atoms with Crippen LogP contribution in [0.1, 0.15) is 21.9 Å². The molecule has 3 aromatic rings. The number of thiazole rings is 1. The van der Waals surface area contributed by atoms with Crippen LogP contribution in [0.15, 0.2) is 48.1 Å². The summed E-state index contributed by atoms with van der Waals surface area (Å²) in [5.41, 5.74) is 2.52. The summed E-state index contributed by atoms with van der Waals surface area (Å²) in [7, 11) is 0. The van der Waals surface area contributed by atoms with Crippen LogP contribution in [0.5, 0.6) is 0 Å². The largest absolute Gasteiger partial charge is 0.395 e. The number of halogens is 1. The van der Waals surface area contributed by atoms with Gasteiger partial charge in [-0.2, -0.15) is 0 Å². The van der Waals surface area contributed by atoms with Crippen molar-refractivity contribution in [3.05, 3.63) is 64.6 Å². The number of aliphatic hydroxyl groups is 1. The van der Waals surface area contributed by atoms with E-state index in [4.69, 9.17) is 0 Å². The molecule has 0 radical (unpaired) electrons. The fourth-order valence-corrected chi connectivity index (χ4v) is 4.70. The van der Waals surface area contributed by atoms with Crippen molar-refractivity contribution in [2.24, 2.45) is 0 Å². The maximum atomic E-state index is 14.3. The van der Waals surface area contributed by atoms with E-state index in [0.717, 1.165) is 11.3 Å². The zero-order valence-electron chi connectivity index (χ0n) is 18.8. The average molecular weight is 484 g/mol. The third-order valence-corrected chi connectivity index (χ3v) is 6.63. The molecule has 2 aromatic heterocycles. The maximum absolute atomic E-state index is 14.3. The summed E-state index contributed by atoms with van der Waals surface area (Å²) in [4.78, 5) is 37.2. The van der Waals surface area contributed by atoms with E-state index < -0.39 is 11.9 Å². The van der Waals surface area contributed by atoms with Crippen LogP contribution in [0.2, 0.25) is 0 Å². The summed E-state index contributed by atoms with van der Waals surface area (Å²) in [6.07, 6.45) is 3.33. The molecule has 0 spiro atoms. The maximum Gasteiger partial charge on any atom is 0.282 e. The van der Waals surface area contributed by atoms with Crippen LogP contribution in [0.4, 0.5) is 10.1 Å². The van der Waals surface area contributed by atoms with Crippen LogP contribution in [0, 0.1) is 12.7 Å². The number of carbonyl (C=O) groups excluding carboxylic acids is 2. The smallest absolute Gasteiger partial charge is 0.282 e. The van der Waals surface area contributed by atoms with Crippen LogP contribution in [0.25, 0.3) is 11.1 Å². The Balaban J connectivity index is 1.36. The molecule has 1 atom stereocenters. The number of hydrogen-bond acceptors (Lipinski definition) is 7. The van der Waals surface area contributed by atoms with Gasteiger partial charge in [-0.1, -0.05) is 6.07 Å². The van der Waals surface area contributed by atoms with E-state index in [-0.39, 0.29) is 24.8 Å². The van der Waals surface area contributed by atoms with Crippen LogP contribution < -0.4 is 5.32 Å². The molecule has 4 rings (SSSR count). The molecule has 0 saturated carbocycles. The topological polar surface area (TPSA) is 98.7 Å². The third kappa shape index (κ3) is 5.64. The van der Waals surface area contributed by atoms with Crippen molar-refractivity contribution in [1.29, 1.82) is 0 Å². The number of aliphatic hydroxyl groups excluding tert-OH is 1. The van der Waals surface area contributed by atoms with E-state index >= 15 is 0 Å². The fraction of sp³-hybridized carbons (Fsp3) is 0.333. The second kappa shape index (κ2) is 10.8. The van der Waals surface area contributed by atoms with E-state index in [1.165, 1.54) is 23.5 Å². The summed E-state index contributed by atoms with van der Waals surface area (Å²) >= 11 is 1.31. The molecule has 1 saturated heterocycles. The molecule has 1 aromatic carbocycles. The highest BCUT2D eigenvalue weighted by molar-refractivity contribution is 7.11. The minimum absolute atomic E-state index is 0.0503.